The number of rotatable bonds is 9. The van der Waals surface area contributed by atoms with Gasteiger partial charge in [-0.25, -0.2) is 9.97 Å². The normalized spacial score (nSPS) is 13.4. The van der Waals surface area contributed by atoms with Gasteiger partial charge in [-0.05, 0) is 18.9 Å². The summed E-state index contributed by atoms with van der Waals surface area (Å²) in [5.41, 5.74) is 19.4. The summed E-state index contributed by atoms with van der Waals surface area (Å²) in [4.78, 5) is 17.9. The van der Waals surface area contributed by atoms with Gasteiger partial charge in [0.25, 0.3) is 0 Å². The lowest BCUT2D eigenvalue weighted by atomic mass is 10.1. The molecule has 26 heavy (non-hydrogen) atoms. The zero-order chi connectivity index (χ0) is 18.9. The van der Waals surface area contributed by atoms with E-state index >= 15 is 0 Å². The first-order valence-electron chi connectivity index (χ1n) is 8.63. The molecule has 1 unspecified atom stereocenters. The summed E-state index contributed by atoms with van der Waals surface area (Å²) in [7, 11) is 0. The number of H-pyrrole nitrogens is 1. The summed E-state index contributed by atoms with van der Waals surface area (Å²) in [5.74, 6) is 0.0741. The molecule has 0 radical (unpaired) electrons. The SMILES string of the molecule is CCCN(CCC(CN)N=CC(=CN)c1ncnc2[nH]ccc12)C(=N)N. The van der Waals surface area contributed by atoms with Crippen LogP contribution >= 0.6 is 0 Å². The predicted molar refractivity (Wildman–Crippen MR) is 106 cm³/mol. The van der Waals surface area contributed by atoms with Crippen molar-refractivity contribution in [3.63, 3.8) is 0 Å². The Morgan fingerprint density at radius 3 is 2.88 bits per heavy atom. The number of aliphatic imine (C=N–C) groups is 1. The molecule has 0 spiro atoms. The minimum Gasteiger partial charge on any atom is -0.404 e. The van der Waals surface area contributed by atoms with Gasteiger partial charge in [-0.3, -0.25) is 10.4 Å². The summed E-state index contributed by atoms with van der Waals surface area (Å²) in [6.45, 7) is 3.84. The molecule has 0 aliphatic heterocycles. The molecule has 8 N–H and O–H groups in total. The molecule has 1 atom stereocenters. The molecule has 140 valence electrons. The topological polar surface area (TPSA) is 159 Å². The number of hydrogen-bond acceptors (Lipinski definition) is 6. The number of allylic oxidation sites excluding steroid dienone is 1. The van der Waals surface area contributed by atoms with E-state index in [1.807, 2.05) is 11.0 Å². The molecule has 0 saturated heterocycles. The molecule has 0 fully saturated rings. The van der Waals surface area contributed by atoms with Crippen molar-refractivity contribution in [1.82, 2.24) is 19.9 Å². The minimum absolute atomic E-state index is 0.0741. The third-order valence-electron chi connectivity index (χ3n) is 4.07. The first kappa shape index (κ1) is 19.4. The average Bonchev–Trinajstić information content (AvgIpc) is 3.12. The van der Waals surface area contributed by atoms with Crippen LogP contribution in [0.2, 0.25) is 0 Å². The Labute approximate surface area is 152 Å². The van der Waals surface area contributed by atoms with Gasteiger partial charge in [-0.15, -0.1) is 0 Å². The number of aromatic amines is 1. The van der Waals surface area contributed by atoms with Crippen molar-refractivity contribution in [1.29, 1.82) is 5.41 Å². The fraction of sp³-hybridized carbons (Fsp3) is 0.412. The van der Waals surface area contributed by atoms with Crippen LogP contribution in [0, 0.1) is 5.41 Å². The Bertz CT molecular complexity index is 777. The number of fused-ring (bicyclic) bond motifs is 1. The van der Waals surface area contributed by atoms with Gasteiger partial charge in [-0.2, -0.15) is 0 Å². The van der Waals surface area contributed by atoms with Crippen molar-refractivity contribution < 1.29 is 0 Å². The summed E-state index contributed by atoms with van der Waals surface area (Å²) < 4.78 is 0. The van der Waals surface area contributed by atoms with E-state index in [2.05, 4.69) is 26.9 Å². The molecule has 9 heteroatoms. The molecule has 0 saturated carbocycles. The molecule has 0 aliphatic rings. The van der Waals surface area contributed by atoms with E-state index in [1.54, 1.807) is 12.4 Å². The fourth-order valence-corrected chi connectivity index (χ4v) is 2.65. The largest absolute Gasteiger partial charge is 0.404 e. The van der Waals surface area contributed by atoms with Gasteiger partial charge in [0.05, 0.1) is 11.7 Å². The van der Waals surface area contributed by atoms with Crippen LogP contribution in [-0.2, 0) is 0 Å². The van der Waals surface area contributed by atoms with Gasteiger partial charge in [0.1, 0.15) is 12.0 Å². The molecule has 9 nitrogen and oxygen atoms in total. The van der Waals surface area contributed by atoms with Crippen LogP contribution in [0.4, 0.5) is 0 Å². The molecule has 0 aliphatic carbocycles. The van der Waals surface area contributed by atoms with E-state index < -0.39 is 0 Å². The molecule has 2 aromatic rings. The second-order valence-electron chi connectivity index (χ2n) is 5.91. The van der Waals surface area contributed by atoms with Crippen LogP contribution < -0.4 is 17.2 Å². The lowest BCUT2D eigenvalue weighted by molar-refractivity contribution is 0.386. The molecule has 0 amide bonds. The smallest absolute Gasteiger partial charge is 0.188 e. The van der Waals surface area contributed by atoms with Crippen molar-refractivity contribution in [2.75, 3.05) is 19.6 Å². The second kappa shape index (κ2) is 9.52. The minimum atomic E-state index is -0.0905. The number of hydrogen-bond donors (Lipinski definition) is 5. The Balaban J connectivity index is 2.09. The van der Waals surface area contributed by atoms with E-state index in [0.29, 0.717) is 25.1 Å². The highest BCUT2D eigenvalue weighted by Crippen LogP contribution is 2.19. The maximum absolute atomic E-state index is 7.62. The van der Waals surface area contributed by atoms with Gasteiger partial charge in [0.2, 0.25) is 0 Å². The highest BCUT2D eigenvalue weighted by molar-refractivity contribution is 6.13. The van der Waals surface area contributed by atoms with E-state index in [9.17, 15) is 0 Å². The molecule has 2 aromatic heterocycles. The highest BCUT2D eigenvalue weighted by Gasteiger charge is 2.12. The number of guanidine groups is 1. The Morgan fingerprint density at radius 2 is 2.23 bits per heavy atom. The van der Waals surface area contributed by atoms with Crippen LogP contribution in [0.15, 0.2) is 29.8 Å². The lowest BCUT2D eigenvalue weighted by Gasteiger charge is -2.23. The highest BCUT2D eigenvalue weighted by atomic mass is 15.2. The number of aromatic nitrogens is 3. The molecule has 2 heterocycles. The van der Waals surface area contributed by atoms with Crippen molar-refractivity contribution in [3.05, 3.63) is 30.5 Å². The fourth-order valence-electron chi connectivity index (χ4n) is 2.65. The van der Waals surface area contributed by atoms with Gasteiger partial charge >= 0.3 is 0 Å². The monoisotopic (exact) mass is 357 g/mol. The van der Waals surface area contributed by atoms with E-state index in [1.165, 1.54) is 12.5 Å². The molecule has 2 rings (SSSR count). The summed E-state index contributed by atoms with van der Waals surface area (Å²) in [5, 5.41) is 8.50. The van der Waals surface area contributed by atoms with Crippen LogP contribution in [-0.4, -0.2) is 57.7 Å². The molecular weight excluding hydrogens is 330 g/mol. The quantitative estimate of drug-likeness (QED) is 0.327. The van der Waals surface area contributed by atoms with Crippen LogP contribution in [0.1, 0.15) is 25.5 Å². The van der Waals surface area contributed by atoms with Gasteiger partial charge in [0.15, 0.2) is 5.96 Å². The Kier molecular flexibility index (Phi) is 7.10. The van der Waals surface area contributed by atoms with Gasteiger partial charge in [0, 0.05) is 49.2 Å². The van der Waals surface area contributed by atoms with Crippen LogP contribution in [0.25, 0.3) is 16.6 Å². The van der Waals surface area contributed by atoms with Crippen molar-refractivity contribution >= 4 is 28.8 Å². The zero-order valence-electron chi connectivity index (χ0n) is 15.0. The van der Waals surface area contributed by atoms with Crippen molar-refractivity contribution in [2.24, 2.45) is 22.2 Å². The number of nitrogens with two attached hydrogens (primary N) is 3. The maximum Gasteiger partial charge on any atom is 0.188 e. The van der Waals surface area contributed by atoms with E-state index in [4.69, 9.17) is 22.6 Å². The standard InChI is InChI=1S/C17H27N9/c1-2-6-26(17(20)21)7-4-13(9-19)23-10-12(8-18)15-14-3-5-22-16(14)25-11-24-15/h3,5,8,10-11,13H,2,4,6-7,9,18-19H2,1H3,(H3,20,21)(H,22,24,25). The third kappa shape index (κ3) is 4.79. The second-order valence-corrected chi connectivity index (χ2v) is 5.91. The molecular formula is C17H27N9. The maximum atomic E-state index is 7.62. The number of nitrogens with zero attached hydrogens (tertiary/aromatic N) is 4. The predicted octanol–water partition coefficient (Wildman–Crippen LogP) is 0.651. The molecule has 0 bridgehead atoms. The van der Waals surface area contributed by atoms with Crippen LogP contribution in [0.5, 0.6) is 0 Å². The summed E-state index contributed by atoms with van der Waals surface area (Å²) >= 11 is 0. The Morgan fingerprint density at radius 1 is 1.42 bits per heavy atom. The van der Waals surface area contributed by atoms with Gasteiger partial charge < -0.3 is 27.1 Å². The van der Waals surface area contributed by atoms with Crippen LogP contribution in [0.3, 0.4) is 0 Å². The molecule has 0 aromatic carbocycles. The van der Waals surface area contributed by atoms with E-state index in [0.717, 1.165) is 29.7 Å². The third-order valence-corrected chi connectivity index (χ3v) is 4.07. The summed E-state index contributed by atoms with van der Waals surface area (Å²) in [6.07, 6.45) is 8.10. The zero-order valence-corrected chi connectivity index (χ0v) is 15.0. The first-order valence-corrected chi connectivity index (χ1v) is 8.63. The number of nitrogens with one attached hydrogen (secondary N) is 2. The van der Waals surface area contributed by atoms with Crippen molar-refractivity contribution in [3.8, 4) is 0 Å². The Hall–Kier alpha value is -2.94. The average molecular weight is 357 g/mol. The van der Waals surface area contributed by atoms with E-state index in [-0.39, 0.29) is 12.0 Å². The van der Waals surface area contributed by atoms with Gasteiger partial charge in [-0.1, -0.05) is 6.92 Å². The van der Waals surface area contributed by atoms with Crippen molar-refractivity contribution in [2.45, 2.75) is 25.8 Å². The lowest BCUT2D eigenvalue weighted by Crippen LogP contribution is -2.39. The summed E-state index contributed by atoms with van der Waals surface area (Å²) in [6, 6.07) is 1.81. The first-order chi connectivity index (χ1) is 12.6.